The first-order valence-electron chi connectivity index (χ1n) is 8.86. The number of ether oxygens (including phenoxy) is 9. The molecule has 3 saturated heterocycles. The fraction of sp³-hybridized carbons (Fsp3) is 0.625. The minimum Gasteiger partial charge on any atom is -0.463 e. The van der Waals surface area contributed by atoms with Crippen molar-refractivity contribution < 1.29 is 71.4 Å². The number of cyclic esters (lactones) is 6. The molecular weight excluding hydrogens is 432 g/mol. The molecule has 15 nitrogen and oxygen atoms in total. The Kier molecular flexibility index (Phi) is 6.94. The summed E-state index contributed by atoms with van der Waals surface area (Å²) in [6, 6.07) is 0. The molecule has 3 heterocycles. The second-order valence-electron chi connectivity index (χ2n) is 6.15. The highest BCUT2D eigenvalue weighted by molar-refractivity contribution is 5.81. The summed E-state index contributed by atoms with van der Waals surface area (Å²) in [6.45, 7) is -1.81. The van der Waals surface area contributed by atoms with Crippen molar-refractivity contribution in [2.24, 2.45) is 0 Å². The van der Waals surface area contributed by atoms with Crippen LogP contribution in [0.4, 0.5) is 14.4 Å². The van der Waals surface area contributed by atoms with Crippen molar-refractivity contribution in [2.75, 3.05) is 33.0 Å². The lowest BCUT2D eigenvalue weighted by atomic mass is 10.2. The largest absolute Gasteiger partial charge is 0.509 e. The second-order valence-corrected chi connectivity index (χ2v) is 6.15. The predicted octanol–water partition coefficient (Wildman–Crippen LogP) is -1.02. The van der Waals surface area contributed by atoms with Gasteiger partial charge in [0.25, 0.3) is 0 Å². The molecule has 0 aromatic rings. The summed E-state index contributed by atoms with van der Waals surface area (Å²) >= 11 is 0. The molecule has 31 heavy (non-hydrogen) atoms. The van der Waals surface area contributed by atoms with Gasteiger partial charge in [0.05, 0.1) is 6.61 Å². The summed E-state index contributed by atoms with van der Waals surface area (Å²) in [6.07, 6.45) is -8.18. The normalized spacial score (nSPS) is 25.2. The molecule has 170 valence electrons. The van der Waals surface area contributed by atoms with E-state index in [0.29, 0.717) is 0 Å². The number of hydrogen-bond acceptors (Lipinski definition) is 15. The van der Waals surface area contributed by atoms with Crippen LogP contribution >= 0.6 is 0 Å². The third-order valence-electron chi connectivity index (χ3n) is 3.94. The smallest absolute Gasteiger partial charge is 0.463 e. The zero-order chi connectivity index (χ0) is 22.4. The van der Waals surface area contributed by atoms with Gasteiger partial charge in [-0.05, 0) is 0 Å². The van der Waals surface area contributed by atoms with Crippen LogP contribution in [0, 0.1) is 0 Å². The van der Waals surface area contributed by atoms with Crippen molar-refractivity contribution in [3.63, 3.8) is 0 Å². The van der Waals surface area contributed by atoms with Gasteiger partial charge in [-0.15, -0.1) is 0 Å². The monoisotopic (exact) mass is 448 g/mol. The molecule has 4 atom stereocenters. The van der Waals surface area contributed by atoms with Gasteiger partial charge in [0, 0.05) is 6.42 Å². The van der Waals surface area contributed by atoms with Crippen molar-refractivity contribution in [1.29, 1.82) is 0 Å². The highest BCUT2D eigenvalue weighted by Crippen LogP contribution is 2.14. The van der Waals surface area contributed by atoms with E-state index in [4.69, 9.17) is 14.2 Å². The van der Waals surface area contributed by atoms with Gasteiger partial charge in [-0.3, -0.25) is 0 Å². The lowest BCUT2D eigenvalue weighted by molar-refractivity contribution is -0.169. The van der Waals surface area contributed by atoms with Crippen LogP contribution in [0.3, 0.4) is 0 Å². The summed E-state index contributed by atoms with van der Waals surface area (Å²) in [7, 11) is 0. The lowest BCUT2D eigenvalue weighted by Gasteiger charge is -2.19. The number of carbonyl (C=O) groups excluding carboxylic acids is 6. The van der Waals surface area contributed by atoms with Crippen LogP contribution in [-0.2, 0) is 57.0 Å². The molecule has 3 aliphatic heterocycles. The summed E-state index contributed by atoms with van der Waals surface area (Å²) in [5, 5.41) is 0. The van der Waals surface area contributed by atoms with Crippen molar-refractivity contribution in [3.8, 4) is 0 Å². The molecule has 4 unspecified atom stereocenters. The Balaban J connectivity index is 1.49. The van der Waals surface area contributed by atoms with Gasteiger partial charge in [-0.1, -0.05) is 0 Å². The van der Waals surface area contributed by atoms with Crippen LogP contribution in [0.15, 0.2) is 0 Å². The molecule has 0 radical (unpaired) electrons. The second kappa shape index (κ2) is 9.82. The molecule has 0 aliphatic carbocycles. The van der Waals surface area contributed by atoms with E-state index in [-0.39, 0.29) is 32.8 Å². The average Bonchev–Trinajstić information content (AvgIpc) is 3.47. The van der Waals surface area contributed by atoms with Crippen molar-refractivity contribution in [3.05, 3.63) is 0 Å². The molecule has 0 saturated carbocycles. The average molecular weight is 448 g/mol. The van der Waals surface area contributed by atoms with E-state index in [0.717, 1.165) is 0 Å². The van der Waals surface area contributed by atoms with Crippen LogP contribution in [0.2, 0.25) is 0 Å². The van der Waals surface area contributed by atoms with Crippen molar-refractivity contribution in [1.82, 2.24) is 0 Å². The van der Waals surface area contributed by atoms with E-state index in [1.807, 2.05) is 0 Å². The maximum Gasteiger partial charge on any atom is 0.509 e. The molecule has 3 rings (SSSR count). The predicted molar refractivity (Wildman–Crippen MR) is 85.1 cm³/mol. The summed E-state index contributed by atoms with van der Waals surface area (Å²) in [5.41, 5.74) is 0. The van der Waals surface area contributed by atoms with Crippen LogP contribution in [0.1, 0.15) is 6.42 Å². The first kappa shape index (κ1) is 21.9. The summed E-state index contributed by atoms with van der Waals surface area (Å²) < 4.78 is 42.2. The van der Waals surface area contributed by atoms with E-state index < -0.39 is 67.4 Å². The van der Waals surface area contributed by atoms with Gasteiger partial charge in [0.2, 0.25) is 18.3 Å². The zero-order valence-corrected chi connectivity index (χ0v) is 15.7. The molecule has 0 amide bonds. The number of carbonyl (C=O) groups is 6. The van der Waals surface area contributed by atoms with Crippen LogP contribution < -0.4 is 0 Å². The third kappa shape index (κ3) is 6.10. The molecule has 3 fully saturated rings. The van der Waals surface area contributed by atoms with Gasteiger partial charge in [-0.2, -0.15) is 0 Å². The number of hydrogen-bond donors (Lipinski definition) is 0. The van der Waals surface area contributed by atoms with Gasteiger partial charge < -0.3 is 42.6 Å². The Morgan fingerprint density at radius 1 is 0.742 bits per heavy atom. The SMILES string of the molecule is O=C1OCC(C(=O)OCCC(COC(=O)C2COC(=O)O2)OC(=O)C2COC(=O)O2)O1. The van der Waals surface area contributed by atoms with Gasteiger partial charge in [-0.25, -0.2) is 28.8 Å². The first-order valence-corrected chi connectivity index (χ1v) is 8.86. The number of rotatable bonds is 9. The van der Waals surface area contributed by atoms with Crippen LogP contribution in [0.5, 0.6) is 0 Å². The molecule has 0 N–H and O–H groups in total. The van der Waals surface area contributed by atoms with Crippen LogP contribution in [0.25, 0.3) is 0 Å². The van der Waals surface area contributed by atoms with E-state index in [1.165, 1.54) is 0 Å². The highest BCUT2D eigenvalue weighted by Gasteiger charge is 2.37. The molecule has 0 aromatic carbocycles. The Hall–Kier alpha value is -3.78. The fourth-order valence-electron chi connectivity index (χ4n) is 2.40. The van der Waals surface area contributed by atoms with E-state index in [2.05, 4.69) is 28.4 Å². The molecule has 0 aromatic heterocycles. The Labute approximate surface area is 172 Å². The van der Waals surface area contributed by atoms with E-state index in [9.17, 15) is 28.8 Å². The topological polar surface area (TPSA) is 185 Å². The Bertz CT molecular complexity index is 760. The summed E-state index contributed by atoms with van der Waals surface area (Å²) in [4.78, 5) is 68.5. The Morgan fingerprint density at radius 2 is 1.19 bits per heavy atom. The molecular formula is C16H16O15. The van der Waals surface area contributed by atoms with E-state index in [1.54, 1.807) is 0 Å². The van der Waals surface area contributed by atoms with Crippen molar-refractivity contribution >= 4 is 36.4 Å². The molecule has 15 heteroatoms. The lowest BCUT2D eigenvalue weighted by Crippen LogP contribution is -2.35. The first-order chi connectivity index (χ1) is 14.8. The molecule has 0 bridgehead atoms. The molecule has 0 spiro atoms. The maximum absolute atomic E-state index is 12.1. The van der Waals surface area contributed by atoms with Crippen molar-refractivity contribution in [2.45, 2.75) is 30.8 Å². The Morgan fingerprint density at radius 3 is 1.65 bits per heavy atom. The minimum absolute atomic E-state index is 0.144. The quantitative estimate of drug-likeness (QED) is 0.308. The van der Waals surface area contributed by atoms with Gasteiger partial charge in [0.15, 0.2) is 0 Å². The summed E-state index contributed by atoms with van der Waals surface area (Å²) in [5.74, 6) is -2.82. The molecule has 3 aliphatic rings. The van der Waals surface area contributed by atoms with Crippen LogP contribution in [-0.4, -0.2) is 93.8 Å². The van der Waals surface area contributed by atoms with Gasteiger partial charge in [0.1, 0.15) is 32.5 Å². The zero-order valence-electron chi connectivity index (χ0n) is 15.7. The van der Waals surface area contributed by atoms with Gasteiger partial charge >= 0.3 is 36.4 Å². The van der Waals surface area contributed by atoms with E-state index >= 15 is 0 Å². The third-order valence-corrected chi connectivity index (χ3v) is 3.94. The standard InChI is InChI=1S/C16H16O15/c17-11(8-4-25-14(20)29-8)23-2-1-7(28-13(19)10-6-27-16(22)31-10)3-24-12(18)9-5-26-15(21)30-9/h7-10H,1-6H2. The highest BCUT2D eigenvalue weighted by atomic mass is 16.8. The minimum atomic E-state index is -1.31. The number of esters is 3. The maximum atomic E-state index is 12.1. The fourth-order valence-corrected chi connectivity index (χ4v) is 2.40.